The van der Waals surface area contributed by atoms with Crippen molar-refractivity contribution in [2.75, 3.05) is 33.3 Å². The maximum absolute atomic E-state index is 12.7. The standard InChI is InChI=1S/C17H26N2O3S/c1-14-5-6-15(11-17(14)22-2)12-18-10-7-16(13-18)23(20,21)19-8-3-4-9-19/h5-6,11,16H,3-4,7-10,12-13H2,1-2H3. The number of aryl methyl sites for hydroxylation is 1. The van der Waals surface area contributed by atoms with Crippen LogP contribution in [0.25, 0.3) is 0 Å². The Kier molecular flexibility index (Phi) is 4.94. The molecule has 1 unspecified atom stereocenters. The maximum Gasteiger partial charge on any atom is 0.218 e. The van der Waals surface area contributed by atoms with Gasteiger partial charge in [-0.25, -0.2) is 12.7 Å². The van der Waals surface area contributed by atoms with Crippen molar-refractivity contribution in [3.8, 4) is 5.75 Å². The summed E-state index contributed by atoms with van der Waals surface area (Å²) in [5, 5.41) is -0.243. The summed E-state index contributed by atoms with van der Waals surface area (Å²) >= 11 is 0. The highest BCUT2D eigenvalue weighted by Gasteiger charge is 2.38. The van der Waals surface area contributed by atoms with Gasteiger partial charge in [0.1, 0.15) is 5.75 Å². The number of ether oxygens (including phenoxy) is 1. The Bertz CT molecular complexity index is 654. The number of nitrogens with zero attached hydrogens (tertiary/aromatic N) is 2. The van der Waals surface area contributed by atoms with Gasteiger partial charge in [-0.05, 0) is 49.9 Å². The molecule has 0 aromatic heterocycles. The number of hydrogen-bond acceptors (Lipinski definition) is 4. The average Bonchev–Trinajstić information content (AvgIpc) is 3.21. The fourth-order valence-corrected chi connectivity index (χ4v) is 5.55. The molecule has 0 saturated carbocycles. The molecule has 0 aliphatic carbocycles. The van der Waals surface area contributed by atoms with E-state index in [2.05, 4.69) is 23.1 Å². The Labute approximate surface area is 139 Å². The molecule has 2 aliphatic heterocycles. The van der Waals surface area contributed by atoms with Crippen LogP contribution in [0.1, 0.15) is 30.4 Å². The zero-order valence-corrected chi connectivity index (χ0v) is 14.8. The Balaban J connectivity index is 1.64. The molecular formula is C17H26N2O3S. The zero-order valence-electron chi connectivity index (χ0n) is 14.0. The Hall–Kier alpha value is -1.11. The smallest absolute Gasteiger partial charge is 0.218 e. The van der Waals surface area contributed by atoms with E-state index in [1.807, 2.05) is 6.92 Å². The first-order valence-electron chi connectivity index (χ1n) is 8.35. The van der Waals surface area contributed by atoms with Crippen molar-refractivity contribution in [2.24, 2.45) is 0 Å². The zero-order chi connectivity index (χ0) is 16.4. The molecule has 0 radical (unpaired) electrons. The predicted molar refractivity (Wildman–Crippen MR) is 91.1 cm³/mol. The number of rotatable bonds is 5. The van der Waals surface area contributed by atoms with Crippen LogP contribution < -0.4 is 4.74 Å². The van der Waals surface area contributed by atoms with Gasteiger partial charge in [0.15, 0.2) is 0 Å². The minimum atomic E-state index is -3.12. The van der Waals surface area contributed by atoms with Crippen LogP contribution in [-0.4, -0.2) is 56.2 Å². The van der Waals surface area contributed by atoms with Crippen LogP contribution in [0, 0.1) is 6.92 Å². The van der Waals surface area contributed by atoms with Crippen molar-refractivity contribution >= 4 is 10.0 Å². The summed E-state index contributed by atoms with van der Waals surface area (Å²) in [6, 6.07) is 6.21. The van der Waals surface area contributed by atoms with Gasteiger partial charge in [-0.15, -0.1) is 0 Å². The van der Waals surface area contributed by atoms with Crippen LogP contribution in [0.3, 0.4) is 0 Å². The summed E-state index contributed by atoms with van der Waals surface area (Å²) in [4.78, 5) is 2.24. The van der Waals surface area contributed by atoms with E-state index >= 15 is 0 Å². The third-order valence-corrected chi connectivity index (χ3v) is 7.27. The maximum atomic E-state index is 12.7. The topological polar surface area (TPSA) is 49.9 Å². The summed E-state index contributed by atoms with van der Waals surface area (Å²) in [6.07, 6.45) is 2.74. The summed E-state index contributed by atoms with van der Waals surface area (Å²) in [5.74, 6) is 0.892. The fraction of sp³-hybridized carbons (Fsp3) is 0.647. The van der Waals surface area contributed by atoms with E-state index in [4.69, 9.17) is 4.74 Å². The third kappa shape index (κ3) is 3.54. The first kappa shape index (κ1) is 16.7. The Morgan fingerprint density at radius 3 is 2.65 bits per heavy atom. The monoisotopic (exact) mass is 338 g/mol. The summed E-state index contributed by atoms with van der Waals surface area (Å²) < 4.78 is 32.4. The molecule has 2 fully saturated rings. The lowest BCUT2D eigenvalue weighted by Crippen LogP contribution is -2.38. The second kappa shape index (κ2) is 6.79. The molecule has 2 saturated heterocycles. The third-order valence-electron chi connectivity index (χ3n) is 4.95. The molecule has 0 amide bonds. The van der Waals surface area contributed by atoms with E-state index in [1.165, 1.54) is 5.56 Å². The van der Waals surface area contributed by atoms with Crippen molar-refractivity contribution in [1.82, 2.24) is 9.21 Å². The van der Waals surface area contributed by atoms with Crippen LogP contribution in [0.4, 0.5) is 0 Å². The molecule has 1 aromatic rings. The highest BCUT2D eigenvalue weighted by atomic mass is 32.2. The van der Waals surface area contributed by atoms with E-state index < -0.39 is 10.0 Å². The lowest BCUT2D eigenvalue weighted by atomic mass is 10.1. The normalized spacial score (nSPS) is 23.5. The van der Waals surface area contributed by atoms with Gasteiger partial charge in [-0.3, -0.25) is 4.90 Å². The molecule has 0 spiro atoms. The lowest BCUT2D eigenvalue weighted by Gasteiger charge is -2.21. The van der Waals surface area contributed by atoms with Crippen molar-refractivity contribution in [2.45, 2.75) is 38.0 Å². The second-order valence-electron chi connectivity index (χ2n) is 6.60. The van der Waals surface area contributed by atoms with Crippen LogP contribution in [0.2, 0.25) is 0 Å². The van der Waals surface area contributed by atoms with Gasteiger partial charge in [0.05, 0.1) is 12.4 Å². The van der Waals surface area contributed by atoms with Gasteiger partial charge in [0, 0.05) is 26.2 Å². The quantitative estimate of drug-likeness (QED) is 0.824. The second-order valence-corrected chi connectivity index (χ2v) is 8.81. The van der Waals surface area contributed by atoms with E-state index in [9.17, 15) is 8.42 Å². The van der Waals surface area contributed by atoms with Crippen molar-refractivity contribution in [1.29, 1.82) is 0 Å². The molecule has 2 aliphatic rings. The van der Waals surface area contributed by atoms with E-state index in [-0.39, 0.29) is 5.25 Å². The summed E-state index contributed by atoms with van der Waals surface area (Å²) in [7, 11) is -1.44. The lowest BCUT2D eigenvalue weighted by molar-refractivity contribution is 0.329. The molecule has 2 heterocycles. The number of methoxy groups -OCH3 is 1. The predicted octanol–water partition coefficient (Wildman–Crippen LogP) is 2.00. The molecule has 128 valence electrons. The average molecular weight is 338 g/mol. The Morgan fingerprint density at radius 2 is 1.96 bits per heavy atom. The molecule has 1 aromatic carbocycles. The van der Waals surface area contributed by atoms with Gasteiger partial charge < -0.3 is 4.74 Å². The van der Waals surface area contributed by atoms with Gasteiger partial charge in [-0.2, -0.15) is 0 Å². The molecule has 3 rings (SSSR count). The minimum absolute atomic E-state index is 0.243. The highest BCUT2D eigenvalue weighted by Crippen LogP contribution is 2.26. The van der Waals surface area contributed by atoms with E-state index in [1.54, 1.807) is 11.4 Å². The van der Waals surface area contributed by atoms with Crippen LogP contribution >= 0.6 is 0 Å². The molecule has 6 heteroatoms. The first-order valence-corrected chi connectivity index (χ1v) is 9.86. The SMILES string of the molecule is COc1cc(CN2CCC(S(=O)(=O)N3CCCC3)C2)ccc1C. The molecule has 23 heavy (non-hydrogen) atoms. The van der Waals surface area contributed by atoms with Gasteiger partial charge >= 0.3 is 0 Å². The van der Waals surface area contributed by atoms with Crippen molar-refractivity contribution < 1.29 is 13.2 Å². The summed E-state index contributed by atoms with van der Waals surface area (Å²) in [5.41, 5.74) is 2.29. The molecule has 0 bridgehead atoms. The molecular weight excluding hydrogens is 312 g/mol. The van der Waals surface area contributed by atoms with Gasteiger partial charge in [0.25, 0.3) is 0 Å². The molecule has 5 nitrogen and oxygen atoms in total. The Morgan fingerprint density at radius 1 is 1.22 bits per heavy atom. The number of sulfonamides is 1. The van der Waals surface area contributed by atoms with Crippen molar-refractivity contribution in [3.63, 3.8) is 0 Å². The largest absolute Gasteiger partial charge is 0.496 e. The first-order chi connectivity index (χ1) is 11.0. The number of benzene rings is 1. The molecule has 1 atom stereocenters. The molecule has 0 N–H and O–H groups in total. The fourth-order valence-electron chi connectivity index (χ4n) is 3.56. The van der Waals surface area contributed by atoms with Crippen molar-refractivity contribution in [3.05, 3.63) is 29.3 Å². The highest BCUT2D eigenvalue weighted by molar-refractivity contribution is 7.89. The van der Waals surface area contributed by atoms with Crippen LogP contribution in [0.5, 0.6) is 5.75 Å². The summed E-state index contributed by atoms with van der Waals surface area (Å²) in [6.45, 7) is 5.69. The van der Waals surface area contributed by atoms with Gasteiger partial charge in [-0.1, -0.05) is 12.1 Å². The number of likely N-dealkylation sites (tertiary alicyclic amines) is 1. The van der Waals surface area contributed by atoms with E-state index in [0.717, 1.165) is 43.7 Å². The minimum Gasteiger partial charge on any atom is -0.496 e. The van der Waals surface area contributed by atoms with Crippen LogP contribution in [0.15, 0.2) is 18.2 Å². The van der Waals surface area contributed by atoms with Gasteiger partial charge in [0.2, 0.25) is 10.0 Å². The van der Waals surface area contributed by atoms with Crippen LogP contribution in [-0.2, 0) is 16.6 Å². The van der Waals surface area contributed by atoms with E-state index in [0.29, 0.717) is 19.6 Å². The number of hydrogen-bond donors (Lipinski definition) is 0.